The molecule has 0 saturated heterocycles. The second-order valence-corrected chi connectivity index (χ2v) is 23.1. The fourth-order valence-corrected chi connectivity index (χ4v) is 11.6. The van der Waals surface area contributed by atoms with E-state index in [4.69, 9.17) is 28.9 Å². The molecule has 0 radical (unpaired) electrons. The zero-order chi connectivity index (χ0) is 58.0. The summed E-state index contributed by atoms with van der Waals surface area (Å²) in [5.41, 5.74) is 15.4. The van der Waals surface area contributed by atoms with Gasteiger partial charge in [0.1, 0.15) is 23.0 Å². The Balaban J connectivity index is 1.16. The molecule has 5 heterocycles. The Kier molecular flexibility index (Phi) is 24.2. The maximum atomic E-state index is 6.33. The number of ether oxygens (including phenoxy) is 4. The quantitative estimate of drug-likeness (QED) is 0.0380. The molecule has 9 rings (SSSR count). The van der Waals surface area contributed by atoms with Crippen molar-refractivity contribution < 1.29 is 18.9 Å². The van der Waals surface area contributed by atoms with E-state index in [1.165, 1.54) is 128 Å². The number of unbranched alkanes of at least 4 members (excludes halogenated alkanes) is 20. The normalized spacial score (nSPS) is 11.9. The molecule has 4 aromatic carbocycles. The van der Waals surface area contributed by atoms with Gasteiger partial charge >= 0.3 is 0 Å². The molecule has 2 aliphatic heterocycles. The zero-order valence-electron chi connectivity index (χ0n) is 51.2. The van der Waals surface area contributed by atoms with Gasteiger partial charge in [0.05, 0.1) is 49.2 Å². The number of hydrogen-bond donors (Lipinski definition) is 2. The van der Waals surface area contributed by atoms with Crippen LogP contribution in [0, 0.1) is 0 Å². The molecule has 2 N–H and O–H groups in total. The lowest BCUT2D eigenvalue weighted by molar-refractivity contribution is 0.304. The third kappa shape index (κ3) is 17.4. The molecule has 8 bridgehead atoms. The lowest BCUT2D eigenvalue weighted by Gasteiger charge is -2.10. The van der Waals surface area contributed by atoms with Crippen LogP contribution >= 0.6 is 0 Å². The highest BCUT2D eigenvalue weighted by atomic mass is 16.5. The standard InChI is InChI=1S/C76H94N4O4/c1-5-9-13-17-21-25-53-81-61-37-29-57(30-38-61)73-65-45-47-67(77-65)74(58-31-39-62(40-32-58)82-54-26-22-18-14-10-6-2)69-49-51-71(79-69)76(60-35-43-64(44-36-60)84-56-28-24-20-16-12-8-4)72-52-50-70(80-72)75(68-48-46-66(73)78-68)59-33-41-63(42-34-59)83-55-27-23-19-15-11-7-3/h29-52,77,80H,5-28,53-56H2,1-4H3. The van der Waals surface area contributed by atoms with Gasteiger partial charge in [0.15, 0.2) is 0 Å². The summed E-state index contributed by atoms with van der Waals surface area (Å²) in [5.74, 6) is 3.50. The minimum Gasteiger partial charge on any atom is -0.494 e. The van der Waals surface area contributed by atoms with Crippen LogP contribution in [0.15, 0.2) is 121 Å². The second kappa shape index (κ2) is 33.2. The van der Waals surface area contributed by atoms with Gasteiger partial charge in [-0.2, -0.15) is 0 Å². The number of rotatable bonds is 36. The van der Waals surface area contributed by atoms with E-state index in [1.54, 1.807) is 0 Å². The molecule has 0 spiro atoms. The van der Waals surface area contributed by atoms with Crippen molar-refractivity contribution in [2.24, 2.45) is 0 Å². The first-order valence-corrected chi connectivity index (χ1v) is 32.6. The molecule has 0 amide bonds. The number of hydrogen-bond acceptors (Lipinski definition) is 6. The Labute approximate surface area is 502 Å². The molecule has 2 aliphatic rings. The molecule has 0 fully saturated rings. The Bertz CT molecular complexity index is 2890. The van der Waals surface area contributed by atoms with Crippen molar-refractivity contribution >= 4 is 46.4 Å². The van der Waals surface area contributed by atoms with Gasteiger partial charge < -0.3 is 28.9 Å². The van der Waals surface area contributed by atoms with Gasteiger partial charge in [-0.1, -0.05) is 205 Å². The predicted molar refractivity (Wildman–Crippen MR) is 356 cm³/mol. The van der Waals surface area contributed by atoms with Crippen LogP contribution in [0.25, 0.3) is 90.9 Å². The Morgan fingerprint density at radius 1 is 0.250 bits per heavy atom. The molecule has 0 atom stereocenters. The van der Waals surface area contributed by atoms with Crippen molar-refractivity contribution in [1.29, 1.82) is 0 Å². The average Bonchev–Trinajstić information content (AvgIpc) is 3.21. The Morgan fingerprint density at radius 3 is 0.667 bits per heavy atom. The van der Waals surface area contributed by atoms with E-state index in [9.17, 15) is 0 Å². The molecule has 0 aliphatic carbocycles. The third-order valence-corrected chi connectivity index (χ3v) is 16.4. The fraction of sp³-hybridized carbons (Fsp3) is 0.421. The molecule has 3 aromatic heterocycles. The number of aromatic nitrogens is 4. The van der Waals surface area contributed by atoms with Gasteiger partial charge in [-0.25, -0.2) is 9.97 Å². The van der Waals surface area contributed by atoms with Crippen LogP contribution in [0.5, 0.6) is 23.0 Å². The molecule has 0 unspecified atom stereocenters. The fourth-order valence-electron chi connectivity index (χ4n) is 11.6. The number of H-pyrrole nitrogens is 2. The molecule has 8 nitrogen and oxygen atoms in total. The number of benzene rings is 4. The highest BCUT2D eigenvalue weighted by Gasteiger charge is 2.20. The van der Waals surface area contributed by atoms with E-state index < -0.39 is 0 Å². The van der Waals surface area contributed by atoms with Crippen LogP contribution in [-0.2, 0) is 0 Å². The topological polar surface area (TPSA) is 94.3 Å². The first-order chi connectivity index (χ1) is 41.5. The van der Waals surface area contributed by atoms with Crippen LogP contribution in [0.3, 0.4) is 0 Å². The van der Waals surface area contributed by atoms with Crippen LogP contribution in [-0.4, -0.2) is 46.4 Å². The number of nitrogens with zero attached hydrogens (tertiary/aromatic N) is 2. The van der Waals surface area contributed by atoms with Crippen LogP contribution < -0.4 is 18.9 Å². The van der Waals surface area contributed by atoms with Crippen molar-refractivity contribution in [1.82, 2.24) is 19.9 Å². The SMILES string of the molecule is CCCCCCCCOc1ccc(-c2c3nc(c(-c4ccc(OCCCCCCCC)cc4)c4ccc([nH]4)c(-c4ccc(OCCCCCCCC)cc4)c4nc(c(-c5ccc(OCCCCCCCC)cc5)c5ccc2[nH]5)C=C4)C=C3)cc1. The Morgan fingerprint density at radius 2 is 0.452 bits per heavy atom. The number of nitrogens with one attached hydrogen (secondary N) is 2. The van der Waals surface area contributed by atoms with Crippen molar-refractivity contribution in [2.45, 2.75) is 182 Å². The van der Waals surface area contributed by atoms with Crippen molar-refractivity contribution in [2.75, 3.05) is 26.4 Å². The number of fused-ring (bicyclic) bond motifs is 8. The lowest BCUT2D eigenvalue weighted by Crippen LogP contribution is -1.97. The van der Waals surface area contributed by atoms with E-state index in [0.29, 0.717) is 26.4 Å². The highest BCUT2D eigenvalue weighted by molar-refractivity contribution is 6.00. The van der Waals surface area contributed by atoms with E-state index in [-0.39, 0.29) is 0 Å². The molecule has 442 valence electrons. The summed E-state index contributed by atoms with van der Waals surface area (Å²) in [4.78, 5) is 19.1. The monoisotopic (exact) mass is 1130 g/mol. The van der Waals surface area contributed by atoms with Crippen molar-refractivity contribution in [3.63, 3.8) is 0 Å². The second-order valence-electron chi connectivity index (χ2n) is 23.1. The minimum atomic E-state index is 0.712. The summed E-state index contributed by atoms with van der Waals surface area (Å²) in [6, 6.07) is 43.0. The molecule has 0 saturated carbocycles. The summed E-state index contributed by atoms with van der Waals surface area (Å²) in [6.45, 7) is 11.9. The van der Waals surface area contributed by atoms with Crippen LogP contribution in [0.1, 0.15) is 205 Å². The molecule has 7 aromatic rings. The summed E-state index contributed by atoms with van der Waals surface area (Å²) < 4.78 is 25.3. The summed E-state index contributed by atoms with van der Waals surface area (Å²) in [5, 5.41) is 0. The van der Waals surface area contributed by atoms with E-state index in [0.717, 1.165) is 138 Å². The van der Waals surface area contributed by atoms with Gasteiger partial charge in [-0.05, 0) is 145 Å². The molecular formula is C76H94N4O4. The summed E-state index contributed by atoms with van der Waals surface area (Å²) in [7, 11) is 0. The van der Waals surface area contributed by atoms with Gasteiger partial charge in [0, 0.05) is 44.3 Å². The Hall–Kier alpha value is -7.32. The first kappa shape index (κ1) is 61.2. The average molecular weight is 1130 g/mol. The van der Waals surface area contributed by atoms with Crippen LogP contribution in [0.4, 0.5) is 0 Å². The van der Waals surface area contributed by atoms with Gasteiger partial charge in [-0.3, -0.25) is 0 Å². The molecule has 8 heteroatoms. The first-order valence-electron chi connectivity index (χ1n) is 32.6. The summed E-state index contributed by atoms with van der Waals surface area (Å²) >= 11 is 0. The minimum absolute atomic E-state index is 0.712. The predicted octanol–water partition coefficient (Wildman–Crippen LogP) is 22.3. The van der Waals surface area contributed by atoms with Crippen molar-refractivity contribution in [3.05, 3.63) is 144 Å². The third-order valence-electron chi connectivity index (χ3n) is 16.4. The lowest BCUT2D eigenvalue weighted by atomic mass is 10.0. The molecular weight excluding hydrogens is 1030 g/mol. The largest absolute Gasteiger partial charge is 0.494 e. The zero-order valence-corrected chi connectivity index (χ0v) is 51.2. The van der Waals surface area contributed by atoms with Gasteiger partial charge in [0.25, 0.3) is 0 Å². The summed E-state index contributed by atoms with van der Waals surface area (Å²) in [6.07, 6.45) is 38.1. The molecule has 84 heavy (non-hydrogen) atoms. The van der Waals surface area contributed by atoms with E-state index >= 15 is 0 Å². The number of aromatic amines is 2. The van der Waals surface area contributed by atoms with Gasteiger partial charge in [0.2, 0.25) is 0 Å². The van der Waals surface area contributed by atoms with Crippen molar-refractivity contribution in [3.8, 4) is 67.5 Å². The van der Waals surface area contributed by atoms with Crippen LogP contribution in [0.2, 0.25) is 0 Å². The van der Waals surface area contributed by atoms with E-state index in [1.807, 2.05) is 0 Å². The van der Waals surface area contributed by atoms with Gasteiger partial charge in [-0.15, -0.1) is 0 Å². The van der Waals surface area contributed by atoms with E-state index in [2.05, 4.69) is 183 Å². The maximum Gasteiger partial charge on any atom is 0.119 e. The highest BCUT2D eigenvalue weighted by Crippen LogP contribution is 2.40. The maximum absolute atomic E-state index is 6.33. The smallest absolute Gasteiger partial charge is 0.119 e.